The molecule has 0 fully saturated rings. The number of aliphatic imine (C=N–C) groups is 1. The zero-order chi connectivity index (χ0) is 12.0. The molecule has 1 aliphatic rings. The SMILES string of the molecule is C=CC1=NC(C)CC(C)N1C.O=[N+]([O-])O. The smallest absolute Gasteiger partial charge is 0.291 e. The van der Waals surface area contributed by atoms with Crippen LogP contribution in [0.25, 0.3) is 0 Å². The average Bonchev–Trinajstić information content (AvgIpc) is 2.10. The number of nitrogens with zero attached hydrogens (tertiary/aromatic N) is 3. The highest BCUT2D eigenvalue weighted by Gasteiger charge is 2.19. The number of rotatable bonds is 1. The summed E-state index contributed by atoms with van der Waals surface area (Å²) < 4.78 is 0. The van der Waals surface area contributed by atoms with Crippen LogP contribution in [0, 0.1) is 10.1 Å². The van der Waals surface area contributed by atoms with Gasteiger partial charge < -0.3 is 10.1 Å². The quantitative estimate of drug-likeness (QED) is 0.528. The van der Waals surface area contributed by atoms with Crippen LogP contribution < -0.4 is 0 Å². The number of amidine groups is 1. The Hall–Kier alpha value is -1.59. The third-order valence-electron chi connectivity index (χ3n) is 2.24. The van der Waals surface area contributed by atoms with Crippen LogP contribution in [0.2, 0.25) is 0 Å². The van der Waals surface area contributed by atoms with E-state index in [9.17, 15) is 0 Å². The monoisotopic (exact) mass is 215 g/mol. The zero-order valence-corrected chi connectivity index (χ0v) is 9.25. The van der Waals surface area contributed by atoms with E-state index < -0.39 is 5.09 Å². The Kier molecular flexibility index (Phi) is 5.36. The Morgan fingerprint density at radius 2 is 2.20 bits per heavy atom. The molecule has 0 aliphatic carbocycles. The predicted molar refractivity (Wildman–Crippen MR) is 57.7 cm³/mol. The Morgan fingerprint density at radius 1 is 1.73 bits per heavy atom. The van der Waals surface area contributed by atoms with E-state index in [1.807, 2.05) is 6.08 Å². The summed E-state index contributed by atoms with van der Waals surface area (Å²) in [5.41, 5.74) is 0. The molecule has 0 bridgehead atoms. The van der Waals surface area contributed by atoms with Crippen molar-refractivity contribution in [3.8, 4) is 0 Å². The molecule has 6 heteroatoms. The molecule has 15 heavy (non-hydrogen) atoms. The molecule has 0 saturated heterocycles. The Bertz CT molecular complexity index is 261. The van der Waals surface area contributed by atoms with E-state index in [0.29, 0.717) is 12.1 Å². The van der Waals surface area contributed by atoms with Gasteiger partial charge in [-0.2, -0.15) is 0 Å². The first-order chi connectivity index (χ1) is 6.88. The first kappa shape index (κ1) is 13.4. The highest BCUT2D eigenvalue weighted by molar-refractivity contribution is 5.93. The van der Waals surface area contributed by atoms with Crippen LogP contribution >= 0.6 is 0 Å². The highest BCUT2D eigenvalue weighted by Crippen LogP contribution is 2.14. The minimum absolute atomic E-state index is 0.453. The molecule has 0 saturated carbocycles. The van der Waals surface area contributed by atoms with Gasteiger partial charge >= 0.3 is 0 Å². The lowest BCUT2D eigenvalue weighted by atomic mass is 10.1. The van der Waals surface area contributed by atoms with E-state index in [1.165, 1.54) is 0 Å². The van der Waals surface area contributed by atoms with Gasteiger partial charge in [-0.1, -0.05) is 6.58 Å². The summed E-state index contributed by atoms with van der Waals surface area (Å²) in [5, 5.41) is 13.6. The molecule has 0 aromatic heterocycles. The van der Waals surface area contributed by atoms with Gasteiger partial charge in [-0.15, -0.1) is 10.1 Å². The zero-order valence-electron chi connectivity index (χ0n) is 9.25. The molecule has 1 aliphatic heterocycles. The van der Waals surface area contributed by atoms with Gasteiger partial charge in [0.1, 0.15) is 5.84 Å². The van der Waals surface area contributed by atoms with Crippen LogP contribution in [0.15, 0.2) is 17.6 Å². The van der Waals surface area contributed by atoms with E-state index in [4.69, 9.17) is 15.3 Å². The third kappa shape index (κ3) is 4.99. The lowest BCUT2D eigenvalue weighted by Gasteiger charge is -2.33. The molecule has 0 radical (unpaired) electrons. The van der Waals surface area contributed by atoms with Gasteiger partial charge in [0.05, 0.1) is 6.04 Å². The Labute approximate surface area is 89.0 Å². The highest BCUT2D eigenvalue weighted by atomic mass is 16.9. The van der Waals surface area contributed by atoms with Gasteiger partial charge in [0.2, 0.25) is 0 Å². The topological polar surface area (TPSA) is 79.0 Å². The second kappa shape index (κ2) is 6.00. The average molecular weight is 215 g/mol. The largest absolute Gasteiger partial charge is 0.357 e. The lowest BCUT2D eigenvalue weighted by molar-refractivity contribution is -0.742. The molecule has 0 aromatic rings. The standard InChI is InChI=1S/C9H16N2.HNO3/c1-5-9-10-7(2)6-8(3)11(9)4;2-1(3)4/h5,7-8H,1,6H2,2-4H3;(H,2,3,4). The Morgan fingerprint density at radius 3 is 2.60 bits per heavy atom. The van der Waals surface area contributed by atoms with Crippen LogP contribution in [0.3, 0.4) is 0 Å². The second-order valence-corrected chi connectivity index (χ2v) is 3.47. The molecule has 86 valence electrons. The fraction of sp³-hybridized carbons (Fsp3) is 0.667. The van der Waals surface area contributed by atoms with Crippen molar-refractivity contribution >= 4 is 5.84 Å². The van der Waals surface area contributed by atoms with Crippen molar-refractivity contribution in [1.29, 1.82) is 0 Å². The molecular weight excluding hydrogens is 198 g/mol. The van der Waals surface area contributed by atoms with Crippen molar-refractivity contribution in [2.24, 2.45) is 4.99 Å². The van der Waals surface area contributed by atoms with Crippen molar-refractivity contribution in [2.45, 2.75) is 32.4 Å². The van der Waals surface area contributed by atoms with Gasteiger partial charge in [0.25, 0.3) is 5.09 Å². The summed E-state index contributed by atoms with van der Waals surface area (Å²) in [6.45, 7) is 8.09. The van der Waals surface area contributed by atoms with Gasteiger partial charge in [-0.25, -0.2) is 0 Å². The summed E-state index contributed by atoms with van der Waals surface area (Å²) >= 11 is 0. The number of likely N-dealkylation sites (N-methyl/N-ethyl adjacent to an activating group) is 1. The summed E-state index contributed by atoms with van der Waals surface area (Å²) in [5.74, 6) is 1.02. The van der Waals surface area contributed by atoms with Gasteiger partial charge in [-0.3, -0.25) is 4.99 Å². The normalized spacial score (nSPS) is 24.7. The molecule has 0 aromatic carbocycles. The molecule has 6 nitrogen and oxygen atoms in total. The molecule has 1 rings (SSSR count). The maximum Gasteiger partial charge on any atom is 0.291 e. The van der Waals surface area contributed by atoms with Crippen molar-refractivity contribution in [1.82, 2.24) is 4.90 Å². The summed E-state index contributed by atoms with van der Waals surface area (Å²) in [6.07, 6.45) is 2.97. The minimum atomic E-state index is -1.50. The summed E-state index contributed by atoms with van der Waals surface area (Å²) in [4.78, 5) is 15.0. The molecule has 2 unspecified atom stereocenters. The van der Waals surface area contributed by atoms with E-state index in [2.05, 4.69) is 37.4 Å². The van der Waals surface area contributed by atoms with Crippen LogP contribution in [0.1, 0.15) is 20.3 Å². The molecular formula is C9H17N3O3. The molecule has 2 atom stereocenters. The fourth-order valence-corrected chi connectivity index (χ4v) is 1.44. The molecule has 0 amide bonds. The van der Waals surface area contributed by atoms with Crippen molar-refractivity contribution in [3.05, 3.63) is 22.8 Å². The van der Waals surface area contributed by atoms with Crippen LogP contribution in [0.4, 0.5) is 0 Å². The maximum absolute atomic E-state index is 8.36. The van der Waals surface area contributed by atoms with E-state index in [-0.39, 0.29) is 0 Å². The second-order valence-electron chi connectivity index (χ2n) is 3.47. The number of hydrogen-bond donors (Lipinski definition) is 1. The lowest BCUT2D eigenvalue weighted by Crippen LogP contribution is -2.40. The van der Waals surface area contributed by atoms with Crippen molar-refractivity contribution in [2.75, 3.05) is 7.05 Å². The maximum atomic E-state index is 8.36. The van der Waals surface area contributed by atoms with E-state index in [1.54, 1.807) is 0 Å². The first-order valence-electron chi connectivity index (χ1n) is 4.64. The summed E-state index contributed by atoms with van der Waals surface area (Å²) in [6, 6.07) is 1.05. The molecule has 1 heterocycles. The number of hydrogen-bond acceptors (Lipinski definition) is 4. The van der Waals surface area contributed by atoms with E-state index >= 15 is 0 Å². The predicted octanol–water partition coefficient (Wildman–Crippen LogP) is 1.34. The fourth-order valence-electron chi connectivity index (χ4n) is 1.44. The first-order valence-corrected chi connectivity index (χ1v) is 4.64. The summed E-state index contributed by atoms with van der Waals surface area (Å²) in [7, 11) is 2.07. The molecule has 1 N–H and O–H groups in total. The Balaban J connectivity index is 0.000000423. The van der Waals surface area contributed by atoms with Gasteiger partial charge in [0.15, 0.2) is 0 Å². The van der Waals surface area contributed by atoms with Crippen LogP contribution in [-0.4, -0.2) is 40.2 Å². The van der Waals surface area contributed by atoms with E-state index in [0.717, 1.165) is 12.3 Å². The van der Waals surface area contributed by atoms with Crippen molar-refractivity contribution < 1.29 is 10.3 Å². The van der Waals surface area contributed by atoms with Gasteiger partial charge in [0, 0.05) is 13.1 Å². The van der Waals surface area contributed by atoms with Crippen LogP contribution in [-0.2, 0) is 0 Å². The molecule has 0 spiro atoms. The minimum Gasteiger partial charge on any atom is -0.357 e. The van der Waals surface area contributed by atoms with Crippen molar-refractivity contribution in [3.63, 3.8) is 0 Å². The van der Waals surface area contributed by atoms with Crippen LogP contribution in [0.5, 0.6) is 0 Å². The van der Waals surface area contributed by atoms with Gasteiger partial charge in [-0.05, 0) is 26.3 Å². The third-order valence-corrected chi connectivity index (χ3v) is 2.24.